The van der Waals surface area contributed by atoms with E-state index in [1.807, 2.05) is 0 Å². The number of aldehydes is 1. The summed E-state index contributed by atoms with van der Waals surface area (Å²) in [5.41, 5.74) is 1.33. The summed E-state index contributed by atoms with van der Waals surface area (Å²) in [7, 11) is 0. The fourth-order valence-corrected chi connectivity index (χ4v) is 2.74. The predicted molar refractivity (Wildman–Crippen MR) is 99.0 cm³/mol. The number of halogens is 3. The fourth-order valence-electron chi connectivity index (χ4n) is 2.74. The first-order chi connectivity index (χ1) is 13.5. The number of alkyl halides is 2. The molecule has 144 valence electrons. The van der Waals surface area contributed by atoms with Crippen LogP contribution in [-0.2, 0) is 0 Å². The zero-order chi connectivity index (χ0) is 20.1. The largest absolute Gasteiger partial charge is 0.435 e. The molecule has 0 saturated heterocycles. The molecule has 5 nitrogen and oxygen atoms in total. The van der Waals surface area contributed by atoms with E-state index in [-0.39, 0.29) is 29.0 Å². The average molecular weight is 387 g/mol. The van der Waals surface area contributed by atoms with Gasteiger partial charge in [0.1, 0.15) is 17.3 Å². The Kier molecular flexibility index (Phi) is 5.88. The molecule has 2 N–H and O–H groups in total. The summed E-state index contributed by atoms with van der Waals surface area (Å²) >= 11 is 0. The second kappa shape index (κ2) is 8.51. The van der Waals surface area contributed by atoms with Gasteiger partial charge in [0.15, 0.2) is 6.29 Å². The van der Waals surface area contributed by atoms with Gasteiger partial charge in [0.2, 0.25) is 0 Å². The van der Waals surface area contributed by atoms with Gasteiger partial charge in [-0.25, -0.2) is 4.39 Å². The molecule has 1 aliphatic rings. The highest BCUT2D eigenvalue weighted by atomic mass is 19.3. The van der Waals surface area contributed by atoms with Crippen molar-refractivity contribution in [1.82, 2.24) is 4.98 Å². The minimum absolute atomic E-state index is 0.00803. The molecule has 0 amide bonds. The number of nitrogens with zero attached hydrogens (tertiary/aromatic N) is 1. The van der Waals surface area contributed by atoms with Gasteiger partial charge < -0.3 is 10.1 Å². The van der Waals surface area contributed by atoms with Gasteiger partial charge >= 0.3 is 6.61 Å². The lowest BCUT2D eigenvalue weighted by Gasteiger charge is -2.20. The molecule has 0 radical (unpaired) electrons. The van der Waals surface area contributed by atoms with Crippen molar-refractivity contribution in [2.75, 3.05) is 5.32 Å². The quantitative estimate of drug-likeness (QED) is 0.542. The van der Waals surface area contributed by atoms with Crippen LogP contribution in [0.15, 0.2) is 60.6 Å². The first-order valence-corrected chi connectivity index (χ1v) is 8.36. The maximum Gasteiger partial charge on any atom is 0.387 e. The molecule has 1 aromatic carbocycles. The number of nitrogens with one attached hydrogen (secondary N) is 2. The van der Waals surface area contributed by atoms with Gasteiger partial charge in [-0.2, -0.15) is 8.78 Å². The van der Waals surface area contributed by atoms with Crippen LogP contribution >= 0.6 is 0 Å². The van der Waals surface area contributed by atoms with Crippen molar-refractivity contribution in [2.45, 2.75) is 19.1 Å². The molecule has 0 aliphatic heterocycles. The second-order valence-corrected chi connectivity index (χ2v) is 5.99. The third-order valence-electron chi connectivity index (χ3n) is 4.06. The molecule has 0 spiro atoms. The molecular formula is C20H16F3N3O2. The Hall–Kier alpha value is -3.42. The van der Waals surface area contributed by atoms with Crippen LogP contribution in [-0.4, -0.2) is 29.6 Å². The lowest BCUT2D eigenvalue weighted by molar-refractivity contribution is -0.0498. The van der Waals surface area contributed by atoms with E-state index < -0.39 is 6.61 Å². The fraction of sp³-hybridized carbons (Fsp3) is 0.150. The molecule has 8 heteroatoms. The number of carbonyl (C=O) groups is 1. The molecule has 1 aliphatic carbocycles. The maximum absolute atomic E-state index is 13.2. The Morgan fingerprint density at radius 1 is 1.36 bits per heavy atom. The Balaban J connectivity index is 1.91. The number of ether oxygens (including phenoxy) is 1. The monoisotopic (exact) mass is 387 g/mol. The number of pyridine rings is 1. The van der Waals surface area contributed by atoms with E-state index in [9.17, 15) is 18.0 Å². The highest BCUT2D eigenvalue weighted by Gasteiger charge is 2.16. The normalized spacial score (nSPS) is 15.9. The molecule has 0 saturated carbocycles. The van der Waals surface area contributed by atoms with Crippen LogP contribution in [0.1, 0.15) is 28.0 Å². The number of allylic oxidation sites excluding steroid dienone is 2. The lowest BCUT2D eigenvalue weighted by atomic mass is 10.0. The number of carbonyl (C=O) groups excluding carboxylic acids is 1. The van der Waals surface area contributed by atoms with Crippen molar-refractivity contribution in [3.05, 3.63) is 77.4 Å². The lowest BCUT2D eigenvalue weighted by Crippen LogP contribution is -2.20. The van der Waals surface area contributed by atoms with Gasteiger partial charge in [-0.15, -0.1) is 0 Å². The van der Waals surface area contributed by atoms with Gasteiger partial charge in [0, 0.05) is 29.1 Å². The summed E-state index contributed by atoms with van der Waals surface area (Å²) < 4.78 is 42.4. The highest BCUT2D eigenvalue weighted by molar-refractivity contribution is 6.14. The Morgan fingerprint density at radius 2 is 2.18 bits per heavy atom. The smallest absolute Gasteiger partial charge is 0.387 e. The highest BCUT2D eigenvalue weighted by Crippen LogP contribution is 2.25. The van der Waals surface area contributed by atoms with Crippen molar-refractivity contribution < 1.29 is 22.7 Å². The SMILES string of the molecule is N=C(c1cccc(OC(F)F)c1)c1cnc(C=O)cc1NC1C=CC(F)=CC1. The van der Waals surface area contributed by atoms with E-state index in [1.165, 1.54) is 42.6 Å². The van der Waals surface area contributed by atoms with E-state index in [2.05, 4.69) is 15.0 Å². The second-order valence-electron chi connectivity index (χ2n) is 5.99. The van der Waals surface area contributed by atoms with Crippen LogP contribution in [0.5, 0.6) is 5.75 Å². The zero-order valence-electron chi connectivity index (χ0n) is 14.5. The Bertz CT molecular complexity index is 957. The van der Waals surface area contributed by atoms with E-state index in [0.29, 0.717) is 29.5 Å². The molecule has 0 fully saturated rings. The topological polar surface area (TPSA) is 75.1 Å². The molecule has 28 heavy (non-hydrogen) atoms. The summed E-state index contributed by atoms with van der Waals surface area (Å²) in [6, 6.07) is 7.02. The van der Waals surface area contributed by atoms with E-state index in [0.717, 1.165) is 0 Å². The number of hydrogen-bond acceptors (Lipinski definition) is 5. The first-order valence-electron chi connectivity index (χ1n) is 8.36. The van der Waals surface area contributed by atoms with Gasteiger partial charge in [-0.1, -0.05) is 18.2 Å². The third-order valence-corrected chi connectivity index (χ3v) is 4.06. The van der Waals surface area contributed by atoms with Gasteiger partial charge in [0.25, 0.3) is 0 Å². The van der Waals surface area contributed by atoms with Crippen LogP contribution in [0.4, 0.5) is 18.9 Å². The molecule has 3 rings (SSSR count). The first kappa shape index (κ1) is 19.3. The summed E-state index contributed by atoms with van der Waals surface area (Å²) in [5.74, 6) is -0.398. The minimum atomic E-state index is -2.97. The predicted octanol–water partition coefficient (Wildman–Crippen LogP) is 4.51. The van der Waals surface area contributed by atoms with Gasteiger partial charge in [-0.3, -0.25) is 15.2 Å². The van der Waals surface area contributed by atoms with Crippen LogP contribution in [0.3, 0.4) is 0 Å². The van der Waals surface area contributed by atoms with E-state index in [4.69, 9.17) is 5.41 Å². The summed E-state index contributed by atoms with van der Waals surface area (Å²) in [5, 5.41) is 11.6. The molecule has 1 unspecified atom stereocenters. The zero-order valence-corrected chi connectivity index (χ0v) is 14.5. The molecule has 1 heterocycles. The number of anilines is 1. The molecular weight excluding hydrogens is 371 g/mol. The van der Waals surface area contributed by atoms with Crippen molar-refractivity contribution in [1.29, 1.82) is 5.41 Å². The molecule has 0 bridgehead atoms. The van der Waals surface area contributed by atoms with Crippen molar-refractivity contribution >= 4 is 17.7 Å². The average Bonchev–Trinajstić information content (AvgIpc) is 2.69. The van der Waals surface area contributed by atoms with Gasteiger partial charge in [0.05, 0.1) is 5.71 Å². The Morgan fingerprint density at radius 3 is 2.86 bits per heavy atom. The van der Waals surface area contributed by atoms with E-state index >= 15 is 0 Å². The number of rotatable bonds is 7. The molecule has 2 aromatic rings. The standard InChI is InChI=1S/C20H16F3N3O2/c21-13-4-6-14(7-5-13)26-18-9-15(11-27)25-10-17(18)19(24)12-2-1-3-16(8-12)28-20(22)23/h1-6,8-11,14,20,24H,7H2,(H,25,26). The van der Waals surface area contributed by atoms with Crippen LogP contribution in [0.2, 0.25) is 0 Å². The summed E-state index contributed by atoms with van der Waals surface area (Å²) in [6.07, 6.45) is 6.73. The number of benzene rings is 1. The van der Waals surface area contributed by atoms with Crippen molar-refractivity contribution in [3.63, 3.8) is 0 Å². The van der Waals surface area contributed by atoms with Crippen molar-refractivity contribution in [2.24, 2.45) is 0 Å². The van der Waals surface area contributed by atoms with Crippen LogP contribution in [0, 0.1) is 5.41 Å². The molecule has 1 atom stereocenters. The number of aromatic nitrogens is 1. The maximum atomic E-state index is 13.2. The number of hydrogen-bond donors (Lipinski definition) is 2. The van der Waals surface area contributed by atoms with Gasteiger partial charge in [-0.05, 0) is 36.8 Å². The Labute approximate surface area is 159 Å². The summed E-state index contributed by atoms with van der Waals surface area (Å²) in [4.78, 5) is 15.1. The van der Waals surface area contributed by atoms with E-state index in [1.54, 1.807) is 12.1 Å². The molecule has 1 aromatic heterocycles. The third kappa shape index (κ3) is 4.64. The summed E-state index contributed by atoms with van der Waals surface area (Å²) in [6.45, 7) is -2.97. The van der Waals surface area contributed by atoms with Crippen LogP contribution < -0.4 is 10.1 Å². The minimum Gasteiger partial charge on any atom is -0.435 e. The van der Waals surface area contributed by atoms with Crippen molar-refractivity contribution in [3.8, 4) is 5.75 Å². The van der Waals surface area contributed by atoms with Crippen LogP contribution in [0.25, 0.3) is 0 Å².